The molecule has 0 spiro atoms. The third-order valence-corrected chi connectivity index (χ3v) is 2.71. The van der Waals surface area contributed by atoms with Gasteiger partial charge in [-0.05, 0) is 35.9 Å². The van der Waals surface area contributed by atoms with Crippen molar-refractivity contribution in [2.45, 2.75) is 0 Å². The third kappa shape index (κ3) is 4.29. The van der Waals surface area contributed by atoms with Gasteiger partial charge in [0.1, 0.15) is 0 Å². The molecule has 116 valence electrons. The van der Waals surface area contributed by atoms with Crippen molar-refractivity contribution in [1.82, 2.24) is 10.4 Å². The Bertz CT molecular complexity index is 644. The summed E-state index contributed by atoms with van der Waals surface area (Å²) in [6.45, 7) is 0. The van der Waals surface area contributed by atoms with Crippen LogP contribution in [0.1, 0.15) is 15.9 Å². The molecule has 0 aliphatic rings. The van der Waals surface area contributed by atoms with Crippen LogP contribution in [0, 0.1) is 0 Å². The Kier molecular flexibility index (Phi) is 6.52. The normalized spacial score (nSPS) is 9.91. The number of ether oxygens (including phenoxy) is 2. The fourth-order valence-corrected chi connectivity index (χ4v) is 1.66. The maximum absolute atomic E-state index is 11.7. The SMILES string of the molecule is COc1ccc(/C=N/NC(=O)c2cccnc2)cc1OC.O. The number of hydrogen-bond acceptors (Lipinski definition) is 5. The topological polar surface area (TPSA) is 104 Å². The van der Waals surface area contributed by atoms with Crippen LogP contribution >= 0.6 is 0 Å². The summed E-state index contributed by atoms with van der Waals surface area (Å²) in [5, 5.41) is 3.90. The summed E-state index contributed by atoms with van der Waals surface area (Å²) >= 11 is 0. The van der Waals surface area contributed by atoms with Crippen molar-refractivity contribution in [3.8, 4) is 11.5 Å². The highest BCUT2D eigenvalue weighted by Crippen LogP contribution is 2.26. The van der Waals surface area contributed by atoms with Crippen molar-refractivity contribution in [1.29, 1.82) is 0 Å². The van der Waals surface area contributed by atoms with Crippen molar-refractivity contribution in [3.63, 3.8) is 0 Å². The molecule has 22 heavy (non-hydrogen) atoms. The fraction of sp³-hybridized carbons (Fsp3) is 0.133. The number of methoxy groups -OCH3 is 2. The van der Waals surface area contributed by atoms with Crippen LogP contribution in [0.15, 0.2) is 47.8 Å². The van der Waals surface area contributed by atoms with Crippen LogP contribution < -0.4 is 14.9 Å². The van der Waals surface area contributed by atoms with Crippen LogP contribution in [-0.2, 0) is 0 Å². The first-order chi connectivity index (χ1) is 10.2. The van der Waals surface area contributed by atoms with Crippen LogP contribution in [0.25, 0.3) is 0 Å². The summed E-state index contributed by atoms with van der Waals surface area (Å²) in [7, 11) is 3.13. The summed E-state index contributed by atoms with van der Waals surface area (Å²) in [4.78, 5) is 15.6. The molecule has 1 heterocycles. The van der Waals surface area contributed by atoms with Gasteiger partial charge in [-0.25, -0.2) is 5.43 Å². The minimum Gasteiger partial charge on any atom is -0.493 e. The van der Waals surface area contributed by atoms with E-state index >= 15 is 0 Å². The molecule has 0 saturated heterocycles. The van der Waals surface area contributed by atoms with Gasteiger partial charge >= 0.3 is 0 Å². The highest BCUT2D eigenvalue weighted by molar-refractivity contribution is 5.94. The van der Waals surface area contributed by atoms with Crippen molar-refractivity contribution < 1.29 is 19.7 Å². The van der Waals surface area contributed by atoms with Gasteiger partial charge in [0.05, 0.1) is 26.0 Å². The van der Waals surface area contributed by atoms with Gasteiger partial charge in [-0.2, -0.15) is 5.10 Å². The van der Waals surface area contributed by atoms with E-state index in [9.17, 15) is 4.79 Å². The van der Waals surface area contributed by atoms with Gasteiger partial charge in [0.25, 0.3) is 5.91 Å². The number of nitrogens with one attached hydrogen (secondary N) is 1. The molecule has 0 saturated carbocycles. The average molecular weight is 303 g/mol. The van der Waals surface area contributed by atoms with E-state index in [1.165, 1.54) is 12.4 Å². The zero-order valence-corrected chi connectivity index (χ0v) is 12.2. The zero-order chi connectivity index (χ0) is 15.1. The van der Waals surface area contributed by atoms with Gasteiger partial charge in [0, 0.05) is 12.4 Å². The molecule has 0 aliphatic heterocycles. The van der Waals surface area contributed by atoms with Crippen molar-refractivity contribution in [2.24, 2.45) is 5.10 Å². The molecule has 0 unspecified atom stereocenters. The van der Waals surface area contributed by atoms with Gasteiger partial charge in [-0.1, -0.05) is 0 Å². The lowest BCUT2D eigenvalue weighted by molar-refractivity contribution is 0.0955. The number of hydrazone groups is 1. The van der Waals surface area contributed by atoms with Crippen LogP contribution in [0.5, 0.6) is 11.5 Å². The van der Waals surface area contributed by atoms with Crippen LogP contribution in [0.2, 0.25) is 0 Å². The number of rotatable bonds is 5. The summed E-state index contributed by atoms with van der Waals surface area (Å²) in [5.74, 6) is 0.911. The maximum atomic E-state index is 11.7. The van der Waals surface area contributed by atoms with Gasteiger partial charge < -0.3 is 14.9 Å². The van der Waals surface area contributed by atoms with E-state index in [1.807, 2.05) is 0 Å². The van der Waals surface area contributed by atoms with Crippen molar-refractivity contribution >= 4 is 12.1 Å². The molecule has 7 heteroatoms. The predicted molar refractivity (Wildman–Crippen MR) is 82.5 cm³/mol. The number of amides is 1. The molecular formula is C15H17N3O4. The molecule has 2 aromatic rings. The first-order valence-electron chi connectivity index (χ1n) is 6.20. The molecule has 7 nitrogen and oxygen atoms in total. The monoisotopic (exact) mass is 303 g/mol. The Hall–Kier alpha value is -2.93. The van der Waals surface area contributed by atoms with Gasteiger partial charge in [0.15, 0.2) is 11.5 Å². The lowest BCUT2D eigenvalue weighted by atomic mass is 10.2. The molecule has 3 N–H and O–H groups in total. The van der Waals surface area contributed by atoms with Gasteiger partial charge in [0.2, 0.25) is 0 Å². The van der Waals surface area contributed by atoms with Crippen molar-refractivity contribution in [2.75, 3.05) is 14.2 Å². The molecule has 1 aromatic heterocycles. The Morgan fingerprint density at radius 1 is 1.23 bits per heavy atom. The van der Waals surface area contributed by atoms with E-state index < -0.39 is 0 Å². The van der Waals surface area contributed by atoms with Gasteiger partial charge in [-0.15, -0.1) is 0 Å². The molecule has 2 rings (SSSR count). The van der Waals surface area contributed by atoms with E-state index in [4.69, 9.17) is 9.47 Å². The number of aromatic nitrogens is 1. The van der Waals surface area contributed by atoms with E-state index in [0.29, 0.717) is 17.1 Å². The van der Waals surface area contributed by atoms with Crippen LogP contribution in [0.3, 0.4) is 0 Å². The number of hydrogen-bond donors (Lipinski definition) is 1. The quantitative estimate of drug-likeness (QED) is 0.658. The van der Waals surface area contributed by atoms with E-state index in [2.05, 4.69) is 15.5 Å². The van der Waals surface area contributed by atoms with Crippen LogP contribution in [0.4, 0.5) is 0 Å². The second-order valence-electron chi connectivity index (χ2n) is 4.06. The minimum atomic E-state index is -0.320. The molecule has 0 atom stereocenters. The molecule has 0 fully saturated rings. The highest BCUT2D eigenvalue weighted by atomic mass is 16.5. The highest BCUT2D eigenvalue weighted by Gasteiger charge is 2.04. The molecule has 0 radical (unpaired) electrons. The second kappa shape index (κ2) is 8.38. The smallest absolute Gasteiger partial charge is 0.272 e. The van der Waals surface area contributed by atoms with E-state index in [-0.39, 0.29) is 11.4 Å². The lowest BCUT2D eigenvalue weighted by Gasteiger charge is -2.07. The standard InChI is InChI=1S/C15H15N3O3.H2O/c1-20-13-6-5-11(8-14(13)21-2)9-17-18-15(19)12-4-3-7-16-10-12;/h3-10H,1-2H3,(H,18,19);1H2/b17-9+;. The minimum absolute atomic E-state index is 0. The summed E-state index contributed by atoms with van der Waals surface area (Å²) in [6.07, 6.45) is 4.60. The number of pyridine rings is 1. The number of carbonyl (C=O) groups excluding carboxylic acids is 1. The first-order valence-corrected chi connectivity index (χ1v) is 6.20. The van der Waals surface area contributed by atoms with Gasteiger partial charge in [-0.3, -0.25) is 9.78 Å². The summed E-state index contributed by atoms with van der Waals surface area (Å²) < 4.78 is 10.3. The largest absolute Gasteiger partial charge is 0.493 e. The Morgan fingerprint density at radius 3 is 2.64 bits per heavy atom. The molecular weight excluding hydrogens is 286 g/mol. The Morgan fingerprint density at radius 2 is 2.00 bits per heavy atom. The number of benzene rings is 1. The molecule has 1 aromatic carbocycles. The van der Waals surface area contributed by atoms with Crippen LogP contribution in [-0.4, -0.2) is 36.8 Å². The average Bonchev–Trinajstić information content (AvgIpc) is 2.55. The fourth-order valence-electron chi connectivity index (χ4n) is 1.66. The second-order valence-corrected chi connectivity index (χ2v) is 4.06. The molecule has 0 aliphatic carbocycles. The van der Waals surface area contributed by atoms with Crippen molar-refractivity contribution in [3.05, 3.63) is 53.9 Å². The molecule has 1 amide bonds. The summed E-state index contributed by atoms with van der Waals surface area (Å²) in [6, 6.07) is 8.68. The number of carbonyl (C=O) groups is 1. The zero-order valence-electron chi connectivity index (χ0n) is 12.2. The number of nitrogens with zero attached hydrogens (tertiary/aromatic N) is 2. The van der Waals surface area contributed by atoms with E-state index in [0.717, 1.165) is 5.56 Å². The first kappa shape index (κ1) is 17.1. The lowest BCUT2D eigenvalue weighted by Crippen LogP contribution is -2.17. The van der Waals surface area contributed by atoms with E-state index in [1.54, 1.807) is 50.7 Å². The maximum Gasteiger partial charge on any atom is 0.272 e. The Labute approximate surface area is 127 Å². The molecule has 0 bridgehead atoms. The summed E-state index contributed by atoms with van der Waals surface area (Å²) in [5.41, 5.74) is 3.66. The Balaban J connectivity index is 0.00000242. The third-order valence-electron chi connectivity index (χ3n) is 2.71. The predicted octanol–water partition coefficient (Wildman–Crippen LogP) is 1.04.